The summed E-state index contributed by atoms with van der Waals surface area (Å²) in [6, 6.07) is 13.7. The van der Waals surface area contributed by atoms with Gasteiger partial charge in [0.25, 0.3) is 5.91 Å². The molecule has 2 saturated heterocycles. The van der Waals surface area contributed by atoms with Gasteiger partial charge in [0.2, 0.25) is 0 Å². The summed E-state index contributed by atoms with van der Waals surface area (Å²) in [4.78, 5) is 29.5. The van der Waals surface area contributed by atoms with Crippen LogP contribution in [0.3, 0.4) is 0 Å². The molecule has 6 nitrogen and oxygen atoms in total. The molecule has 150 valence electrons. The number of para-hydroxylation sites is 2. The molecule has 2 aliphatic rings. The highest BCUT2D eigenvalue weighted by molar-refractivity contribution is 8.26. The molecule has 1 amide bonds. The third-order valence-electron chi connectivity index (χ3n) is 5.14. The zero-order valence-corrected chi connectivity index (χ0v) is 17.8. The second kappa shape index (κ2) is 8.12. The first-order chi connectivity index (χ1) is 14.7. The number of thiocarbonyl (C=S) groups is 1. The zero-order chi connectivity index (χ0) is 20.5. The van der Waals surface area contributed by atoms with Crippen molar-refractivity contribution < 1.29 is 4.79 Å². The minimum atomic E-state index is -0.184. The van der Waals surface area contributed by atoms with Crippen LogP contribution in [-0.4, -0.2) is 38.3 Å². The second-order valence-electron chi connectivity index (χ2n) is 7.23. The Labute approximate surface area is 183 Å². The lowest BCUT2D eigenvalue weighted by atomic mass is 10.1. The summed E-state index contributed by atoms with van der Waals surface area (Å²) in [5.41, 5.74) is 3.93. The predicted octanol–water partition coefficient (Wildman–Crippen LogP) is 4.17. The van der Waals surface area contributed by atoms with Gasteiger partial charge < -0.3 is 10.2 Å². The van der Waals surface area contributed by atoms with Crippen LogP contribution in [0.15, 0.2) is 47.4 Å². The van der Waals surface area contributed by atoms with Gasteiger partial charge in [-0.15, -0.1) is 0 Å². The Morgan fingerprint density at radius 1 is 0.967 bits per heavy atom. The van der Waals surface area contributed by atoms with Gasteiger partial charge in [0, 0.05) is 13.1 Å². The lowest BCUT2D eigenvalue weighted by Gasteiger charge is -2.29. The Morgan fingerprint density at radius 2 is 1.73 bits per heavy atom. The molecule has 0 bridgehead atoms. The molecular formula is C22H19N5OS2. The van der Waals surface area contributed by atoms with Gasteiger partial charge in [-0.05, 0) is 49.6 Å². The van der Waals surface area contributed by atoms with E-state index in [1.165, 1.54) is 18.2 Å². The van der Waals surface area contributed by atoms with Crippen molar-refractivity contribution in [1.29, 1.82) is 0 Å². The number of rotatable bonds is 3. The van der Waals surface area contributed by atoms with E-state index >= 15 is 0 Å². The monoisotopic (exact) mass is 433 g/mol. The summed E-state index contributed by atoms with van der Waals surface area (Å²) in [6.45, 7) is 1.94. The standard InChI is InChI=1S/C22H19N5OS2/c28-21-18(30-22(29)26-21)13-14-7-6-10-17(23-14)19-20(27-11-4-1-5-12-27)25-16-9-3-2-8-15(16)24-19/h2-3,6-10,13H,1,4-5,11-12H2,(H,26,28,29)/b18-13-. The van der Waals surface area contributed by atoms with Crippen LogP contribution in [0.5, 0.6) is 0 Å². The van der Waals surface area contributed by atoms with Crippen molar-refractivity contribution in [1.82, 2.24) is 20.3 Å². The topological polar surface area (TPSA) is 71.0 Å². The number of nitrogens with zero attached hydrogens (tertiary/aromatic N) is 4. The average Bonchev–Trinajstić information content (AvgIpc) is 3.10. The summed E-state index contributed by atoms with van der Waals surface area (Å²) in [6.07, 6.45) is 5.31. The maximum atomic E-state index is 12.0. The van der Waals surface area contributed by atoms with Crippen molar-refractivity contribution in [2.75, 3.05) is 18.0 Å². The molecular weight excluding hydrogens is 414 g/mol. The molecule has 0 radical (unpaired) electrons. The zero-order valence-electron chi connectivity index (χ0n) is 16.2. The van der Waals surface area contributed by atoms with E-state index in [4.69, 9.17) is 27.2 Å². The van der Waals surface area contributed by atoms with Crippen LogP contribution in [-0.2, 0) is 4.79 Å². The fraction of sp³-hybridized carbons (Fsp3) is 0.227. The Balaban J connectivity index is 1.61. The van der Waals surface area contributed by atoms with Gasteiger partial charge in [0.05, 0.1) is 27.3 Å². The van der Waals surface area contributed by atoms with Crippen molar-refractivity contribution in [3.63, 3.8) is 0 Å². The quantitative estimate of drug-likeness (QED) is 0.491. The second-order valence-corrected chi connectivity index (χ2v) is 8.95. The molecule has 30 heavy (non-hydrogen) atoms. The van der Waals surface area contributed by atoms with E-state index in [1.54, 1.807) is 6.08 Å². The third kappa shape index (κ3) is 3.80. The molecule has 0 unspecified atom stereocenters. The predicted molar refractivity (Wildman–Crippen MR) is 125 cm³/mol. The highest BCUT2D eigenvalue weighted by Crippen LogP contribution is 2.31. The van der Waals surface area contributed by atoms with Crippen LogP contribution in [0.4, 0.5) is 5.82 Å². The molecule has 2 aliphatic heterocycles. The summed E-state index contributed by atoms with van der Waals surface area (Å²) in [5, 5.41) is 2.64. The van der Waals surface area contributed by atoms with E-state index in [0.717, 1.165) is 54.2 Å². The lowest BCUT2D eigenvalue weighted by Crippen LogP contribution is -2.31. The lowest BCUT2D eigenvalue weighted by molar-refractivity contribution is -0.115. The van der Waals surface area contributed by atoms with Gasteiger partial charge in [-0.2, -0.15) is 0 Å². The number of carbonyl (C=O) groups excluding carboxylic acids is 1. The van der Waals surface area contributed by atoms with Crippen LogP contribution in [0.1, 0.15) is 25.0 Å². The largest absolute Gasteiger partial charge is 0.355 e. The van der Waals surface area contributed by atoms with Gasteiger partial charge in [-0.25, -0.2) is 15.0 Å². The third-order valence-corrected chi connectivity index (χ3v) is 6.30. The Bertz CT molecular complexity index is 1190. The number of hydrogen-bond donors (Lipinski definition) is 1. The summed E-state index contributed by atoms with van der Waals surface area (Å²) in [5.74, 6) is 0.691. The maximum absolute atomic E-state index is 12.0. The number of thioether (sulfide) groups is 1. The molecule has 3 aromatic rings. The fourth-order valence-electron chi connectivity index (χ4n) is 3.71. The molecule has 4 heterocycles. The minimum Gasteiger partial charge on any atom is -0.355 e. The number of nitrogens with one attached hydrogen (secondary N) is 1. The van der Waals surface area contributed by atoms with Crippen LogP contribution in [0, 0.1) is 0 Å². The van der Waals surface area contributed by atoms with Crippen LogP contribution in [0.2, 0.25) is 0 Å². The molecule has 1 N–H and O–H groups in total. The number of piperidine rings is 1. The fourth-order valence-corrected chi connectivity index (χ4v) is 4.74. The molecule has 8 heteroatoms. The first-order valence-corrected chi connectivity index (χ1v) is 11.1. The maximum Gasteiger partial charge on any atom is 0.263 e. The van der Waals surface area contributed by atoms with Gasteiger partial charge >= 0.3 is 0 Å². The number of pyridine rings is 1. The number of benzene rings is 1. The molecule has 0 atom stereocenters. The van der Waals surface area contributed by atoms with Crippen molar-refractivity contribution in [3.05, 3.63) is 53.1 Å². The molecule has 2 aromatic heterocycles. The van der Waals surface area contributed by atoms with Gasteiger partial charge in [0.1, 0.15) is 10.0 Å². The number of hydrogen-bond acceptors (Lipinski definition) is 7. The molecule has 0 saturated carbocycles. The minimum absolute atomic E-state index is 0.184. The number of amides is 1. The molecule has 2 fully saturated rings. The van der Waals surface area contributed by atoms with Crippen molar-refractivity contribution in [2.24, 2.45) is 0 Å². The van der Waals surface area contributed by atoms with E-state index in [1.807, 2.05) is 42.5 Å². The van der Waals surface area contributed by atoms with E-state index in [0.29, 0.717) is 14.9 Å². The molecule has 0 spiro atoms. The van der Waals surface area contributed by atoms with Crippen molar-refractivity contribution in [2.45, 2.75) is 19.3 Å². The summed E-state index contributed by atoms with van der Waals surface area (Å²) in [7, 11) is 0. The van der Waals surface area contributed by atoms with Gasteiger partial charge in [-0.3, -0.25) is 4.79 Å². The molecule has 1 aromatic carbocycles. The first-order valence-electron chi connectivity index (χ1n) is 9.91. The number of carbonyl (C=O) groups is 1. The highest BCUT2D eigenvalue weighted by Gasteiger charge is 2.23. The van der Waals surface area contributed by atoms with Crippen LogP contribution >= 0.6 is 24.0 Å². The summed E-state index contributed by atoms with van der Waals surface area (Å²) < 4.78 is 0.468. The molecule has 5 rings (SSSR count). The average molecular weight is 434 g/mol. The SMILES string of the molecule is O=C1NC(=S)S/C1=C\c1cccc(-c2nc3ccccc3nc2N2CCCCC2)n1. The van der Waals surface area contributed by atoms with Crippen LogP contribution in [0.25, 0.3) is 28.5 Å². The number of aromatic nitrogens is 3. The molecule has 0 aliphatic carbocycles. The van der Waals surface area contributed by atoms with Gasteiger partial charge in [0.15, 0.2) is 5.82 Å². The number of anilines is 1. The van der Waals surface area contributed by atoms with Crippen LogP contribution < -0.4 is 10.2 Å². The van der Waals surface area contributed by atoms with E-state index < -0.39 is 0 Å². The van der Waals surface area contributed by atoms with Crippen molar-refractivity contribution in [3.8, 4) is 11.4 Å². The summed E-state index contributed by atoms with van der Waals surface area (Å²) >= 11 is 6.33. The smallest absolute Gasteiger partial charge is 0.263 e. The number of fused-ring (bicyclic) bond motifs is 1. The van der Waals surface area contributed by atoms with E-state index in [2.05, 4.69) is 10.2 Å². The first kappa shape index (κ1) is 19.1. The Kier molecular flexibility index (Phi) is 5.18. The van der Waals surface area contributed by atoms with E-state index in [9.17, 15) is 4.79 Å². The Morgan fingerprint density at radius 3 is 2.47 bits per heavy atom. The van der Waals surface area contributed by atoms with Crippen molar-refractivity contribution >= 4 is 57.1 Å². The normalized spacial score (nSPS) is 18.3. The van der Waals surface area contributed by atoms with E-state index in [-0.39, 0.29) is 5.91 Å². The Hall–Kier alpha value is -2.84. The highest BCUT2D eigenvalue weighted by atomic mass is 32.2. The van der Waals surface area contributed by atoms with Gasteiger partial charge in [-0.1, -0.05) is 42.2 Å².